The van der Waals surface area contributed by atoms with Gasteiger partial charge in [0.15, 0.2) is 0 Å². The predicted molar refractivity (Wildman–Crippen MR) is 82.8 cm³/mol. The normalized spacial score (nSPS) is 12.2. The van der Waals surface area contributed by atoms with Gasteiger partial charge in [-0.15, -0.1) is 0 Å². The van der Waals surface area contributed by atoms with Gasteiger partial charge in [0.25, 0.3) is 0 Å². The van der Waals surface area contributed by atoms with Gasteiger partial charge in [-0.3, -0.25) is 0 Å². The van der Waals surface area contributed by atoms with Crippen molar-refractivity contribution in [3.63, 3.8) is 0 Å². The lowest BCUT2D eigenvalue weighted by Gasteiger charge is -2.20. The summed E-state index contributed by atoms with van der Waals surface area (Å²) in [5.74, 6) is 0.535. The highest BCUT2D eigenvalue weighted by Crippen LogP contribution is 2.38. The van der Waals surface area contributed by atoms with Gasteiger partial charge in [0.1, 0.15) is 0 Å². The van der Waals surface area contributed by atoms with Crippen LogP contribution in [-0.4, -0.2) is 14.9 Å². The minimum Gasteiger partial charge on any atom is -0.493 e. The molecule has 0 bridgehead atoms. The van der Waals surface area contributed by atoms with Crippen molar-refractivity contribution >= 4 is 0 Å². The van der Waals surface area contributed by atoms with Crippen molar-refractivity contribution < 1.29 is 5.11 Å². The van der Waals surface area contributed by atoms with E-state index in [1.807, 2.05) is 31.2 Å². The Labute approximate surface area is 121 Å². The van der Waals surface area contributed by atoms with Crippen molar-refractivity contribution in [3.8, 4) is 11.6 Å². The summed E-state index contributed by atoms with van der Waals surface area (Å²) >= 11 is 0. The lowest BCUT2D eigenvalue weighted by Crippen LogP contribution is -2.13. The molecule has 1 heterocycles. The second-order valence-electron chi connectivity index (χ2n) is 6.74. The Morgan fingerprint density at radius 1 is 1.20 bits per heavy atom. The van der Waals surface area contributed by atoms with E-state index >= 15 is 0 Å². The highest BCUT2D eigenvalue weighted by Gasteiger charge is 2.29. The minimum absolute atomic E-state index is 0.133. The first-order chi connectivity index (χ1) is 9.21. The number of rotatable bonds is 2. The summed E-state index contributed by atoms with van der Waals surface area (Å²) in [7, 11) is 0. The molecule has 0 radical (unpaired) electrons. The first-order valence-corrected chi connectivity index (χ1v) is 7.11. The zero-order valence-corrected chi connectivity index (χ0v) is 13.2. The van der Waals surface area contributed by atoms with Crippen molar-refractivity contribution in [2.24, 2.45) is 0 Å². The molecule has 1 aromatic carbocycles. The highest BCUT2D eigenvalue weighted by atomic mass is 16.3. The van der Waals surface area contributed by atoms with Crippen LogP contribution in [0.1, 0.15) is 57.4 Å². The molecule has 0 saturated heterocycles. The van der Waals surface area contributed by atoms with Gasteiger partial charge in [-0.25, -0.2) is 4.68 Å². The average Bonchev–Trinajstić information content (AvgIpc) is 2.66. The van der Waals surface area contributed by atoms with Crippen LogP contribution in [0.3, 0.4) is 0 Å². The largest absolute Gasteiger partial charge is 0.493 e. The third-order valence-electron chi connectivity index (χ3n) is 3.43. The fraction of sp³-hybridized carbons (Fsp3) is 0.471. The number of aromatic hydroxyl groups is 1. The molecule has 1 N–H and O–H groups in total. The van der Waals surface area contributed by atoms with Crippen molar-refractivity contribution in [2.45, 2.75) is 52.9 Å². The van der Waals surface area contributed by atoms with Gasteiger partial charge in [-0.05, 0) is 36.0 Å². The zero-order chi connectivity index (χ0) is 15.1. The maximum Gasteiger partial charge on any atom is 0.218 e. The van der Waals surface area contributed by atoms with E-state index in [9.17, 15) is 5.11 Å². The van der Waals surface area contributed by atoms with Crippen LogP contribution in [0, 0.1) is 6.92 Å². The molecule has 0 aliphatic rings. The third kappa shape index (κ3) is 2.58. The summed E-state index contributed by atoms with van der Waals surface area (Å²) in [6.45, 7) is 12.6. The summed E-state index contributed by atoms with van der Waals surface area (Å²) in [5, 5.41) is 15.3. The van der Waals surface area contributed by atoms with Gasteiger partial charge in [0, 0.05) is 5.56 Å². The number of hydrogen-bond donors (Lipinski definition) is 1. The topological polar surface area (TPSA) is 38.0 Å². The Kier molecular flexibility index (Phi) is 3.63. The Hall–Kier alpha value is -1.77. The molecule has 20 heavy (non-hydrogen) atoms. The lowest BCUT2D eigenvalue weighted by atomic mass is 9.84. The van der Waals surface area contributed by atoms with Crippen molar-refractivity contribution in [1.82, 2.24) is 9.78 Å². The van der Waals surface area contributed by atoms with Gasteiger partial charge in [-0.2, -0.15) is 5.10 Å². The van der Waals surface area contributed by atoms with Gasteiger partial charge in [0.2, 0.25) is 5.88 Å². The van der Waals surface area contributed by atoms with E-state index < -0.39 is 0 Å². The molecule has 0 aliphatic carbocycles. The van der Waals surface area contributed by atoms with E-state index in [0.29, 0.717) is 0 Å². The molecule has 1 aromatic heterocycles. The molecule has 2 aromatic rings. The second kappa shape index (κ2) is 4.97. The molecule has 0 atom stereocenters. The van der Waals surface area contributed by atoms with Gasteiger partial charge in [-0.1, -0.05) is 46.8 Å². The quantitative estimate of drug-likeness (QED) is 0.884. The molecular formula is C17H24N2O. The summed E-state index contributed by atoms with van der Waals surface area (Å²) < 4.78 is 1.66. The molecular weight excluding hydrogens is 248 g/mol. The van der Waals surface area contributed by atoms with E-state index in [1.165, 1.54) is 0 Å². The average molecular weight is 272 g/mol. The summed E-state index contributed by atoms with van der Waals surface area (Å²) in [6.07, 6.45) is 0. The predicted octanol–water partition coefficient (Wildman–Crippen LogP) is 4.31. The van der Waals surface area contributed by atoms with Crippen LogP contribution in [0.25, 0.3) is 5.69 Å². The van der Waals surface area contributed by atoms with Crippen LogP contribution < -0.4 is 0 Å². The molecule has 108 valence electrons. The smallest absolute Gasteiger partial charge is 0.218 e. The zero-order valence-electron chi connectivity index (χ0n) is 13.2. The van der Waals surface area contributed by atoms with Crippen molar-refractivity contribution in [3.05, 3.63) is 41.1 Å². The van der Waals surface area contributed by atoms with Crippen LogP contribution in [0.15, 0.2) is 24.3 Å². The van der Waals surface area contributed by atoms with Crippen LogP contribution in [0.2, 0.25) is 0 Å². The Morgan fingerprint density at radius 3 is 2.30 bits per heavy atom. The molecule has 0 saturated carbocycles. The summed E-state index contributed by atoms with van der Waals surface area (Å²) in [5.41, 5.74) is 3.83. The maximum absolute atomic E-state index is 10.6. The van der Waals surface area contributed by atoms with E-state index in [0.717, 1.165) is 22.5 Å². The van der Waals surface area contributed by atoms with Crippen LogP contribution in [0.4, 0.5) is 0 Å². The SMILES string of the molecule is Cc1cccc(-n2nc(C(C)C)c(C(C)(C)C)c2O)c1. The van der Waals surface area contributed by atoms with E-state index in [4.69, 9.17) is 0 Å². The summed E-state index contributed by atoms with van der Waals surface area (Å²) in [6, 6.07) is 8.02. The number of nitrogens with zero attached hydrogens (tertiary/aromatic N) is 2. The monoisotopic (exact) mass is 272 g/mol. The standard InChI is InChI=1S/C17H24N2O/c1-11(2)15-14(17(4,5)6)16(20)19(18-15)13-9-7-8-12(3)10-13/h7-11,20H,1-6H3. The number of aryl methyl sites for hydroxylation is 1. The Bertz CT molecular complexity index is 618. The highest BCUT2D eigenvalue weighted by molar-refractivity contribution is 5.45. The van der Waals surface area contributed by atoms with E-state index in [1.54, 1.807) is 4.68 Å². The van der Waals surface area contributed by atoms with E-state index in [2.05, 4.69) is 39.7 Å². The van der Waals surface area contributed by atoms with Crippen molar-refractivity contribution in [2.75, 3.05) is 0 Å². The van der Waals surface area contributed by atoms with Crippen molar-refractivity contribution in [1.29, 1.82) is 0 Å². The Balaban J connectivity index is 2.68. The van der Waals surface area contributed by atoms with Crippen LogP contribution in [0.5, 0.6) is 5.88 Å². The van der Waals surface area contributed by atoms with Crippen LogP contribution >= 0.6 is 0 Å². The number of aromatic nitrogens is 2. The third-order valence-corrected chi connectivity index (χ3v) is 3.43. The Morgan fingerprint density at radius 2 is 1.85 bits per heavy atom. The number of benzene rings is 1. The second-order valence-corrected chi connectivity index (χ2v) is 6.74. The maximum atomic E-state index is 10.6. The van der Waals surface area contributed by atoms with Crippen LogP contribution in [-0.2, 0) is 5.41 Å². The molecule has 3 heteroatoms. The van der Waals surface area contributed by atoms with Gasteiger partial charge in [0.05, 0.1) is 11.4 Å². The lowest BCUT2D eigenvalue weighted by molar-refractivity contribution is 0.413. The first-order valence-electron chi connectivity index (χ1n) is 7.11. The minimum atomic E-state index is -0.133. The molecule has 0 aliphatic heterocycles. The molecule has 0 amide bonds. The molecule has 2 rings (SSSR count). The fourth-order valence-electron chi connectivity index (χ4n) is 2.49. The first kappa shape index (κ1) is 14.6. The molecule has 3 nitrogen and oxygen atoms in total. The molecule has 0 fully saturated rings. The molecule has 0 unspecified atom stereocenters. The van der Waals surface area contributed by atoms with E-state index in [-0.39, 0.29) is 17.2 Å². The van der Waals surface area contributed by atoms with Gasteiger partial charge >= 0.3 is 0 Å². The summed E-state index contributed by atoms with van der Waals surface area (Å²) in [4.78, 5) is 0. The fourth-order valence-corrected chi connectivity index (χ4v) is 2.49. The molecule has 0 spiro atoms. The number of hydrogen-bond acceptors (Lipinski definition) is 2. The van der Waals surface area contributed by atoms with Gasteiger partial charge < -0.3 is 5.11 Å².